The SMILES string of the molecule is CC(C)c1ncc(NC2CC=CCC2)c(C(=O)O)n1. The molecule has 1 unspecified atom stereocenters. The average Bonchev–Trinajstić information content (AvgIpc) is 2.39. The minimum Gasteiger partial charge on any atom is -0.476 e. The Labute approximate surface area is 112 Å². The second-order valence-electron chi connectivity index (χ2n) is 5.08. The first-order valence-corrected chi connectivity index (χ1v) is 6.59. The van der Waals surface area contributed by atoms with Crippen molar-refractivity contribution in [1.82, 2.24) is 9.97 Å². The maximum Gasteiger partial charge on any atom is 0.356 e. The van der Waals surface area contributed by atoms with E-state index in [1.54, 1.807) is 6.20 Å². The summed E-state index contributed by atoms with van der Waals surface area (Å²) in [5, 5.41) is 12.5. The molecule has 0 radical (unpaired) electrons. The number of aromatic carboxylic acids is 1. The minimum absolute atomic E-state index is 0.0632. The van der Waals surface area contributed by atoms with Crippen LogP contribution in [-0.4, -0.2) is 27.1 Å². The Bertz CT molecular complexity index is 497. The number of carboxylic acids is 1. The van der Waals surface area contributed by atoms with Crippen molar-refractivity contribution in [2.75, 3.05) is 5.32 Å². The fourth-order valence-electron chi connectivity index (χ4n) is 2.09. The Morgan fingerprint density at radius 3 is 2.84 bits per heavy atom. The molecule has 0 spiro atoms. The molecule has 19 heavy (non-hydrogen) atoms. The number of carbonyl (C=O) groups is 1. The van der Waals surface area contributed by atoms with Gasteiger partial charge in [0.25, 0.3) is 0 Å². The molecule has 0 bridgehead atoms. The molecule has 1 aliphatic carbocycles. The second-order valence-corrected chi connectivity index (χ2v) is 5.08. The number of hydrogen-bond donors (Lipinski definition) is 2. The van der Waals surface area contributed by atoms with Crippen molar-refractivity contribution >= 4 is 11.7 Å². The lowest BCUT2D eigenvalue weighted by Crippen LogP contribution is -2.23. The highest BCUT2D eigenvalue weighted by molar-refractivity contribution is 5.91. The van der Waals surface area contributed by atoms with E-state index in [0.29, 0.717) is 11.5 Å². The van der Waals surface area contributed by atoms with Crippen molar-refractivity contribution in [3.05, 3.63) is 29.9 Å². The third kappa shape index (κ3) is 3.30. The van der Waals surface area contributed by atoms with E-state index in [0.717, 1.165) is 19.3 Å². The van der Waals surface area contributed by atoms with Crippen LogP contribution in [0.1, 0.15) is 55.3 Å². The van der Waals surface area contributed by atoms with Crippen LogP contribution in [0.4, 0.5) is 5.69 Å². The molecular weight excluding hydrogens is 242 g/mol. The van der Waals surface area contributed by atoms with Gasteiger partial charge in [0.15, 0.2) is 5.69 Å². The van der Waals surface area contributed by atoms with Crippen molar-refractivity contribution in [1.29, 1.82) is 0 Å². The van der Waals surface area contributed by atoms with Crippen LogP contribution in [-0.2, 0) is 0 Å². The van der Waals surface area contributed by atoms with E-state index in [4.69, 9.17) is 0 Å². The van der Waals surface area contributed by atoms with Crippen molar-refractivity contribution in [3.8, 4) is 0 Å². The maximum atomic E-state index is 11.3. The molecule has 1 atom stereocenters. The first kappa shape index (κ1) is 13.5. The van der Waals surface area contributed by atoms with Crippen LogP contribution >= 0.6 is 0 Å². The van der Waals surface area contributed by atoms with Crippen LogP contribution in [0.3, 0.4) is 0 Å². The molecule has 1 aliphatic rings. The topological polar surface area (TPSA) is 75.1 Å². The number of anilines is 1. The van der Waals surface area contributed by atoms with Crippen molar-refractivity contribution in [2.45, 2.75) is 45.1 Å². The summed E-state index contributed by atoms with van der Waals surface area (Å²) in [6.07, 6.45) is 8.78. The van der Waals surface area contributed by atoms with Crippen LogP contribution in [0.15, 0.2) is 18.3 Å². The lowest BCUT2D eigenvalue weighted by molar-refractivity contribution is 0.0691. The quantitative estimate of drug-likeness (QED) is 0.815. The van der Waals surface area contributed by atoms with E-state index >= 15 is 0 Å². The molecule has 5 heteroatoms. The van der Waals surface area contributed by atoms with E-state index in [9.17, 15) is 9.90 Å². The zero-order valence-electron chi connectivity index (χ0n) is 11.3. The largest absolute Gasteiger partial charge is 0.476 e. The van der Waals surface area contributed by atoms with Gasteiger partial charge in [0, 0.05) is 12.0 Å². The fourth-order valence-corrected chi connectivity index (χ4v) is 2.09. The van der Waals surface area contributed by atoms with Gasteiger partial charge in [-0.15, -0.1) is 0 Å². The van der Waals surface area contributed by atoms with E-state index in [1.165, 1.54) is 0 Å². The highest BCUT2D eigenvalue weighted by atomic mass is 16.4. The molecular formula is C14H19N3O2. The second kappa shape index (κ2) is 5.82. The molecule has 5 nitrogen and oxygen atoms in total. The van der Waals surface area contributed by atoms with Gasteiger partial charge >= 0.3 is 5.97 Å². The van der Waals surface area contributed by atoms with Crippen LogP contribution in [0.25, 0.3) is 0 Å². The Morgan fingerprint density at radius 2 is 2.26 bits per heavy atom. The highest BCUT2D eigenvalue weighted by Gasteiger charge is 2.18. The summed E-state index contributed by atoms with van der Waals surface area (Å²) >= 11 is 0. The molecule has 1 aromatic heterocycles. The zero-order valence-corrected chi connectivity index (χ0v) is 11.3. The predicted molar refractivity (Wildman–Crippen MR) is 73.5 cm³/mol. The Kier molecular flexibility index (Phi) is 4.14. The van der Waals surface area contributed by atoms with E-state index in [2.05, 4.69) is 27.4 Å². The monoisotopic (exact) mass is 261 g/mol. The minimum atomic E-state index is -1.02. The summed E-state index contributed by atoms with van der Waals surface area (Å²) in [4.78, 5) is 19.7. The molecule has 1 aromatic rings. The standard InChI is InChI=1S/C14H19N3O2/c1-9(2)13-15-8-11(12(17-13)14(18)19)16-10-6-4-3-5-7-10/h3-4,8-10,16H,5-7H2,1-2H3,(H,18,19). The Balaban J connectivity index is 2.23. The Hall–Kier alpha value is -1.91. The van der Waals surface area contributed by atoms with Crippen molar-refractivity contribution in [3.63, 3.8) is 0 Å². The van der Waals surface area contributed by atoms with Gasteiger partial charge in [0.2, 0.25) is 0 Å². The van der Waals surface area contributed by atoms with Gasteiger partial charge in [-0.2, -0.15) is 0 Å². The van der Waals surface area contributed by atoms with Crippen molar-refractivity contribution < 1.29 is 9.90 Å². The number of carboxylic acid groups (broad SMARTS) is 1. The summed E-state index contributed by atoms with van der Waals surface area (Å²) < 4.78 is 0. The lowest BCUT2D eigenvalue weighted by atomic mass is 10.0. The molecule has 0 saturated heterocycles. The molecule has 0 aliphatic heterocycles. The molecule has 102 valence electrons. The van der Waals surface area contributed by atoms with Gasteiger partial charge in [0.1, 0.15) is 5.82 Å². The van der Waals surface area contributed by atoms with Gasteiger partial charge in [-0.1, -0.05) is 26.0 Å². The number of aromatic nitrogens is 2. The number of nitrogens with zero attached hydrogens (tertiary/aromatic N) is 2. The number of nitrogens with one attached hydrogen (secondary N) is 1. The molecule has 1 heterocycles. The third-order valence-corrected chi connectivity index (χ3v) is 3.16. The normalized spacial score (nSPS) is 18.6. The summed E-state index contributed by atoms with van der Waals surface area (Å²) in [6, 6.07) is 0.261. The van der Waals surface area contributed by atoms with E-state index < -0.39 is 5.97 Å². The first-order chi connectivity index (χ1) is 9.08. The summed E-state index contributed by atoms with van der Waals surface area (Å²) in [5.41, 5.74) is 0.574. The molecule has 0 aromatic carbocycles. The van der Waals surface area contributed by atoms with Gasteiger partial charge in [-0.25, -0.2) is 14.8 Å². The molecule has 0 amide bonds. The average molecular weight is 261 g/mol. The van der Waals surface area contributed by atoms with Crippen LogP contribution < -0.4 is 5.32 Å². The Morgan fingerprint density at radius 1 is 1.47 bits per heavy atom. The summed E-state index contributed by atoms with van der Waals surface area (Å²) in [6.45, 7) is 3.89. The lowest BCUT2D eigenvalue weighted by Gasteiger charge is -2.21. The van der Waals surface area contributed by atoms with Gasteiger partial charge < -0.3 is 10.4 Å². The number of hydrogen-bond acceptors (Lipinski definition) is 4. The van der Waals surface area contributed by atoms with Crippen LogP contribution in [0.2, 0.25) is 0 Å². The summed E-state index contributed by atoms with van der Waals surface area (Å²) in [7, 11) is 0. The number of allylic oxidation sites excluding steroid dienone is 1. The summed E-state index contributed by atoms with van der Waals surface area (Å²) in [5.74, 6) is -0.339. The smallest absolute Gasteiger partial charge is 0.356 e. The van der Waals surface area contributed by atoms with Crippen LogP contribution in [0, 0.1) is 0 Å². The molecule has 2 rings (SSSR count). The highest BCUT2D eigenvalue weighted by Crippen LogP contribution is 2.21. The fraction of sp³-hybridized carbons (Fsp3) is 0.500. The predicted octanol–water partition coefficient (Wildman–Crippen LogP) is 2.82. The van der Waals surface area contributed by atoms with Crippen LogP contribution in [0.5, 0.6) is 0 Å². The van der Waals surface area contributed by atoms with Crippen molar-refractivity contribution in [2.24, 2.45) is 0 Å². The number of rotatable bonds is 4. The third-order valence-electron chi connectivity index (χ3n) is 3.16. The first-order valence-electron chi connectivity index (χ1n) is 6.59. The molecule has 0 saturated carbocycles. The van der Waals surface area contributed by atoms with E-state index in [-0.39, 0.29) is 17.7 Å². The molecule has 0 fully saturated rings. The van der Waals surface area contributed by atoms with Gasteiger partial charge in [-0.3, -0.25) is 0 Å². The zero-order chi connectivity index (χ0) is 13.8. The van der Waals surface area contributed by atoms with Gasteiger partial charge in [-0.05, 0) is 19.3 Å². The maximum absolute atomic E-state index is 11.3. The van der Waals surface area contributed by atoms with Gasteiger partial charge in [0.05, 0.1) is 11.9 Å². The van der Waals surface area contributed by atoms with E-state index in [1.807, 2.05) is 13.8 Å². The molecule has 2 N–H and O–H groups in total.